The smallest absolute Gasteiger partial charge is 0.148 e. The van der Waals surface area contributed by atoms with Crippen molar-refractivity contribution in [1.82, 2.24) is 9.97 Å². The van der Waals surface area contributed by atoms with E-state index in [2.05, 4.69) is 28.3 Å². The van der Waals surface area contributed by atoms with Gasteiger partial charge in [0.05, 0.1) is 6.20 Å². The predicted octanol–water partition coefficient (Wildman–Crippen LogP) is 2.53. The van der Waals surface area contributed by atoms with Crippen LogP contribution in [0.3, 0.4) is 0 Å². The summed E-state index contributed by atoms with van der Waals surface area (Å²) >= 11 is 0. The van der Waals surface area contributed by atoms with Crippen LogP contribution in [-0.2, 0) is 0 Å². The first-order valence-corrected chi connectivity index (χ1v) is 4.45. The quantitative estimate of drug-likeness (QED) is 0.781. The van der Waals surface area contributed by atoms with E-state index in [0.717, 1.165) is 11.5 Å². The number of nitrogens with zero attached hydrogens (tertiary/aromatic N) is 2. The number of aryl methyl sites for hydroxylation is 1. The highest BCUT2D eigenvalue weighted by Crippen LogP contribution is 2.17. The van der Waals surface area contributed by atoms with Gasteiger partial charge in [-0.1, -0.05) is 18.2 Å². The molecular formula is C11H11N3. The molecule has 0 aliphatic heterocycles. The van der Waals surface area contributed by atoms with Gasteiger partial charge in [0, 0.05) is 18.1 Å². The molecular weight excluding hydrogens is 174 g/mol. The number of nitrogens with one attached hydrogen (secondary N) is 1. The average Bonchev–Trinajstić information content (AvgIpc) is 2.23. The molecule has 0 atom stereocenters. The Hall–Kier alpha value is -1.90. The fourth-order valence-electron chi connectivity index (χ4n) is 1.21. The van der Waals surface area contributed by atoms with Gasteiger partial charge >= 0.3 is 0 Å². The molecule has 1 N–H and O–H groups in total. The third-order valence-electron chi connectivity index (χ3n) is 1.97. The monoisotopic (exact) mass is 185 g/mol. The molecule has 1 aromatic carbocycles. The van der Waals surface area contributed by atoms with E-state index in [1.807, 2.05) is 18.2 Å². The van der Waals surface area contributed by atoms with E-state index < -0.39 is 0 Å². The van der Waals surface area contributed by atoms with E-state index in [4.69, 9.17) is 0 Å². The third-order valence-corrected chi connectivity index (χ3v) is 1.97. The van der Waals surface area contributed by atoms with Gasteiger partial charge in [0.15, 0.2) is 0 Å². The summed E-state index contributed by atoms with van der Waals surface area (Å²) in [6.07, 6.45) is 5.02. The Balaban J connectivity index is 2.24. The molecule has 1 aromatic heterocycles. The molecule has 0 saturated carbocycles. The van der Waals surface area contributed by atoms with Gasteiger partial charge in [-0.15, -0.1) is 0 Å². The van der Waals surface area contributed by atoms with Crippen LogP contribution >= 0.6 is 0 Å². The average molecular weight is 185 g/mol. The van der Waals surface area contributed by atoms with Gasteiger partial charge < -0.3 is 5.32 Å². The molecule has 70 valence electrons. The van der Waals surface area contributed by atoms with Crippen LogP contribution < -0.4 is 5.32 Å². The summed E-state index contributed by atoms with van der Waals surface area (Å²) in [6, 6.07) is 8.08. The molecule has 0 spiro atoms. The van der Waals surface area contributed by atoms with E-state index in [0.29, 0.717) is 0 Å². The first-order valence-electron chi connectivity index (χ1n) is 4.45. The second-order valence-corrected chi connectivity index (χ2v) is 3.03. The minimum atomic E-state index is 0.766. The van der Waals surface area contributed by atoms with Crippen molar-refractivity contribution < 1.29 is 0 Å². The van der Waals surface area contributed by atoms with Gasteiger partial charge in [0.2, 0.25) is 0 Å². The van der Waals surface area contributed by atoms with Crippen LogP contribution in [0.2, 0.25) is 0 Å². The molecule has 2 aromatic rings. The lowest BCUT2D eigenvalue weighted by Gasteiger charge is -2.06. The fraction of sp³-hybridized carbons (Fsp3) is 0.0909. The Morgan fingerprint density at radius 3 is 2.71 bits per heavy atom. The number of aromatic nitrogens is 2. The van der Waals surface area contributed by atoms with Crippen molar-refractivity contribution in [2.75, 3.05) is 5.32 Å². The summed E-state index contributed by atoms with van der Waals surface area (Å²) in [5.41, 5.74) is 2.26. The van der Waals surface area contributed by atoms with Gasteiger partial charge in [0.1, 0.15) is 5.82 Å². The Morgan fingerprint density at radius 1 is 1.14 bits per heavy atom. The van der Waals surface area contributed by atoms with E-state index in [1.165, 1.54) is 5.56 Å². The van der Waals surface area contributed by atoms with Crippen LogP contribution in [0.4, 0.5) is 11.5 Å². The van der Waals surface area contributed by atoms with Crippen LogP contribution in [0.25, 0.3) is 0 Å². The third kappa shape index (κ3) is 1.88. The molecule has 1 heterocycles. The van der Waals surface area contributed by atoms with Gasteiger partial charge in [-0.25, -0.2) is 4.98 Å². The zero-order chi connectivity index (χ0) is 9.80. The first-order chi connectivity index (χ1) is 6.86. The SMILES string of the molecule is Cc1ccccc1Nc1cnccn1. The Labute approximate surface area is 82.8 Å². The maximum absolute atomic E-state index is 4.14. The lowest BCUT2D eigenvalue weighted by molar-refractivity contribution is 1.19. The molecule has 0 amide bonds. The van der Waals surface area contributed by atoms with E-state index in [9.17, 15) is 0 Å². The maximum atomic E-state index is 4.14. The van der Waals surface area contributed by atoms with Gasteiger partial charge in [-0.05, 0) is 18.6 Å². The summed E-state index contributed by atoms with van der Waals surface area (Å²) in [5, 5.41) is 3.20. The summed E-state index contributed by atoms with van der Waals surface area (Å²) in [7, 11) is 0. The van der Waals surface area contributed by atoms with Gasteiger partial charge in [0.25, 0.3) is 0 Å². The molecule has 0 aliphatic carbocycles. The zero-order valence-electron chi connectivity index (χ0n) is 7.94. The van der Waals surface area contributed by atoms with Crippen molar-refractivity contribution in [1.29, 1.82) is 0 Å². The molecule has 0 bridgehead atoms. The first kappa shape index (κ1) is 8.69. The molecule has 3 heteroatoms. The van der Waals surface area contributed by atoms with Crippen LogP contribution in [0.1, 0.15) is 5.56 Å². The van der Waals surface area contributed by atoms with Crippen LogP contribution in [-0.4, -0.2) is 9.97 Å². The summed E-state index contributed by atoms with van der Waals surface area (Å²) in [5.74, 6) is 0.766. The highest BCUT2D eigenvalue weighted by Gasteiger charge is 1.97. The number of hydrogen-bond donors (Lipinski definition) is 1. The highest BCUT2D eigenvalue weighted by atomic mass is 15.0. The number of anilines is 2. The Morgan fingerprint density at radius 2 is 2.00 bits per heavy atom. The lowest BCUT2D eigenvalue weighted by atomic mass is 10.2. The molecule has 0 fully saturated rings. The van der Waals surface area contributed by atoms with Crippen LogP contribution in [0, 0.1) is 6.92 Å². The minimum Gasteiger partial charge on any atom is -0.339 e. The Kier molecular flexibility index (Phi) is 2.40. The zero-order valence-corrected chi connectivity index (χ0v) is 7.94. The highest BCUT2D eigenvalue weighted by molar-refractivity contribution is 5.59. The molecule has 0 saturated heterocycles. The van der Waals surface area contributed by atoms with Gasteiger partial charge in [-0.3, -0.25) is 4.98 Å². The molecule has 0 unspecified atom stereocenters. The molecule has 0 radical (unpaired) electrons. The minimum absolute atomic E-state index is 0.766. The van der Waals surface area contributed by atoms with Crippen molar-refractivity contribution in [3.63, 3.8) is 0 Å². The second kappa shape index (κ2) is 3.87. The van der Waals surface area contributed by atoms with E-state index >= 15 is 0 Å². The topological polar surface area (TPSA) is 37.8 Å². The maximum Gasteiger partial charge on any atom is 0.148 e. The van der Waals surface area contributed by atoms with Crippen molar-refractivity contribution in [2.45, 2.75) is 6.92 Å². The van der Waals surface area contributed by atoms with Crippen molar-refractivity contribution in [3.05, 3.63) is 48.4 Å². The van der Waals surface area contributed by atoms with E-state index in [1.54, 1.807) is 18.6 Å². The number of benzene rings is 1. The van der Waals surface area contributed by atoms with Crippen molar-refractivity contribution >= 4 is 11.5 Å². The number of rotatable bonds is 2. The molecule has 2 rings (SSSR count). The van der Waals surface area contributed by atoms with Crippen molar-refractivity contribution in [2.24, 2.45) is 0 Å². The van der Waals surface area contributed by atoms with Crippen molar-refractivity contribution in [3.8, 4) is 0 Å². The van der Waals surface area contributed by atoms with Crippen LogP contribution in [0.15, 0.2) is 42.9 Å². The second-order valence-electron chi connectivity index (χ2n) is 3.03. The Bertz CT molecular complexity index is 412. The predicted molar refractivity (Wildman–Crippen MR) is 56.5 cm³/mol. The molecule has 0 aliphatic rings. The summed E-state index contributed by atoms with van der Waals surface area (Å²) < 4.78 is 0. The normalized spacial score (nSPS) is 9.79. The number of hydrogen-bond acceptors (Lipinski definition) is 3. The fourth-order valence-corrected chi connectivity index (χ4v) is 1.21. The summed E-state index contributed by atoms with van der Waals surface area (Å²) in [6.45, 7) is 2.05. The molecule has 14 heavy (non-hydrogen) atoms. The number of para-hydroxylation sites is 1. The van der Waals surface area contributed by atoms with Crippen LogP contribution in [0.5, 0.6) is 0 Å². The van der Waals surface area contributed by atoms with Gasteiger partial charge in [-0.2, -0.15) is 0 Å². The molecule has 3 nitrogen and oxygen atoms in total. The van der Waals surface area contributed by atoms with E-state index in [-0.39, 0.29) is 0 Å². The standard InChI is InChI=1S/C11H11N3/c1-9-4-2-3-5-10(9)14-11-8-12-6-7-13-11/h2-8H,1H3,(H,13,14). The lowest BCUT2D eigenvalue weighted by Crippen LogP contribution is -1.95. The summed E-state index contributed by atoms with van der Waals surface area (Å²) in [4.78, 5) is 8.13. The largest absolute Gasteiger partial charge is 0.339 e.